The van der Waals surface area contributed by atoms with Crippen LogP contribution in [0.15, 0.2) is 0 Å². The predicted molar refractivity (Wildman–Crippen MR) is 78.0 cm³/mol. The van der Waals surface area contributed by atoms with Gasteiger partial charge in [0.15, 0.2) is 0 Å². The van der Waals surface area contributed by atoms with E-state index in [1.165, 1.54) is 0 Å². The fourth-order valence-electron chi connectivity index (χ4n) is 2.88. The molecule has 0 aromatic carbocycles. The van der Waals surface area contributed by atoms with Gasteiger partial charge in [-0.1, -0.05) is 0 Å². The molecule has 2 rings (SSSR count). The van der Waals surface area contributed by atoms with Gasteiger partial charge in [-0.25, -0.2) is 0 Å². The number of nitrogens with zero attached hydrogens (tertiary/aromatic N) is 2. The highest BCUT2D eigenvalue weighted by atomic mass is 16.5. The van der Waals surface area contributed by atoms with Crippen LogP contribution in [0.1, 0.15) is 61.4 Å². The molecule has 1 amide bonds. The Labute approximate surface area is 120 Å². The first-order valence-corrected chi connectivity index (χ1v) is 7.38. The van der Waals surface area contributed by atoms with E-state index in [1.54, 1.807) is 0 Å². The molecule has 1 aromatic rings. The Hall–Kier alpha value is -1.36. The lowest BCUT2D eigenvalue weighted by molar-refractivity contribution is 0.0136. The Kier molecular flexibility index (Phi) is 4.48. The quantitative estimate of drug-likeness (QED) is 0.924. The Morgan fingerprint density at radius 1 is 1.45 bits per heavy atom. The van der Waals surface area contributed by atoms with E-state index in [2.05, 4.69) is 24.3 Å². The molecule has 5 heteroatoms. The molecule has 0 unspecified atom stereocenters. The maximum Gasteiger partial charge on any atom is 0.255 e. The van der Waals surface area contributed by atoms with Gasteiger partial charge in [-0.05, 0) is 47.5 Å². The van der Waals surface area contributed by atoms with Crippen LogP contribution in [0.5, 0.6) is 0 Å². The minimum absolute atomic E-state index is 0.00833. The van der Waals surface area contributed by atoms with Crippen molar-refractivity contribution in [1.29, 1.82) is 0 Å². The molecule has 0 saturated carbocycles. The standard InChI is InChI=1S/C15H25N3O2/c1-9(2)18-12(5)14(11(4)17-18)15(19)16-13-6-7-20-10(3)8-13/h9-10,13H,6-8H2,1-5H3,(H,16,19)/t10-,13+/m0/s1. The van der Waals surface area contributed by atoms with E-state index in [4.69, 9.17) is 4.74 Å². The molecule has 1 saturated heterocycles. The highest BCUT2D eigenvalue weighted by Gasteiger charge is 2.25. The third kappa shape index (κ3) is 3.03. The molecule has 20 heavy (non-hydrogen) atoms. The lowest BCUT2D eigenvalue weighted by Gasteiger charge is -2.28. The Morgan fingerprint density at radius 2 is 2.15 bits per heavy atom. The number of hydrogen-bond acceptors (Lipinski definition) is 3. The molecule has 1 aromatic heterocycles. The summed E-state index contributed by atoms with van der Waals surface area (Å²) in [6.45, 7) is 10.8. The zero-order valence-electron chi connectivity index (χ0n) is 13.1. The van der Waals surface area contributed by atoms with Crippen molar-refractivity contribution in [3.8, 4) is 0 Å². The van der Waals surface area contributed by atoms with Crippen LogP contribution >= 0.6 is 0 Å². The van der Waals surface area contributed by atoms with Crippen LogP contribution in [0.4, 0.5) is 0 Å². The van der Waals surface area contributed by atoms with Crippen molar-refractivity contribution in [3.63, 3.8) is 0 Å². The molecule has 2 atom stereocenters. The van der Waals surface area contributed by atoms with Crippen LogP contribution in [-0.2, 0) is 4.74 Å². The second-order valence-electron chi connectivity index (χ2n) is 5.96. The first kappa shape index (κ1) is 15.0. The van der Waals surface area contributed by atoms with Gasteiger partial charge in [0.05, 0.1) is 17.4 Å². The number of carbonyl (C=O) groups excluding carboxylic acids is 1. The largest absolute Gasteiger partial charge is 0.378 e. The summed E-state index contributed by atoms with van der Waals surface area (Å²) in [5.41, 5.74) is 2.46. The molecule has 1 fully saturated rings. The molecule has 0 radical (unpaired) electrons. The average molecular weight is 279 g/mol. The molecular formula is C15H25N3O2. The van der Waals surface area contributed by atoms with Gasteiger partial charge >= 0.3 is 0 Å². The van der Waals surface area contributed by atoms with Gasteiger partial charge in [-0.2, -0.15) is 5.10 Å². The zero-order chi connectivity index (χ0) is 14.9. The van der Waals surface area contributed by atoms with Gasteiger partial charge in [-0.3, -0.25) is 9.48 Å². The average Bonchev–Trinajstić information content (AvgIpc) is 2.65. The molecule has 5 nitrogen and oxygen atoms in total. The van der Waals surface area contributed by atoms with Crippen molar-refractivity contribution in [1.82, 2.24) is 15.1 Å². The maximum atomic E-state index is 12.5. The van der Waals surface area contributed by atoms with Crippen molar-refractivity contribution in [3.05, 3.63) is 17.0 Å². The molecule has 0 aliphatic carbocycles. The van der Waals surface area contributed by atoms with Gasteiger partial charge in [-0.15, -0.1) is 0 Å². The first-order valence-electron chi connectivity index (χ1n) is 7.38. The second kappa shape index (κ2) is 5.95. The van der Waals surface area contributed by atoms with E-state index in [1.807, 2.05) is 25.5 Å². The SMILES string of the molecule is Cc1nn(C(C)C)c(C)c1C(=O)N[C@@H]1CCO[C@@H](C)C1. The molecule has 1 aliphatic heterocycles. The number of rotatable bonds is 3. The van der Waals surface area contributed by atoms with Crippen LogP contribution in [0.25, 0.3) is 0 Å². The number of carbonyl (C=O) groups is 1. The van der Waals surface area contributed by atoms with Crippen molar-refractivity contribution in [2.75, 3.05) is 6.61 Å². The summed E-state index contributed by atoms with van der Waals surface area (Å²) < 4.78 is 7.42. The number of ether oxygens (including phenoxy) is 1. The highest BCUT2D eigenvalue weighted by molar-refractivity contribution is 5.96. The Bertz CT molecular complexity index is 494. The number of amides is 1. The highest BCUT2D eigenvalue weighted by Crippen LogP contribution is 2.19. The lowest BCUT2D eigenvalue weighted by atomic mass is 10.0. The Balaban J connectivity index is 2.13. The number of aryl methyl sites for hydroxylation is 1. The zero-order valence-corrected chi connectivity index (χ0v) is 13.1. The third-order valence-corrected chi connectivity index (χ3v) is 3.86. The fourth-order valence-corrected chi connectivity index (χ4v) is 2.88. The molecule has 112 valence electrons. The molecule has 1 N–H and O–H groups in total. The summed E-state index contributed by atoms with van der Waals surface area (Å²) in [6, 6.07) is 0.464. The summed E-state index contributed by atoms with van der Waals surface area (Å²) >= 11 is 0. The minimum Gasteiger partial charge on any atom is -0.378 e. The van der Waals surface area contributed by atoms with Crippen LogP contribution in [0.2, 0.25) is 0 Å². The smallest absolute Gasteiger partial charge is 0.255 e. The van der Waals surface area contributed by atoms with Crippen molar-refractivity contribution in [2.24, 2.45) is 0 Å². The summed E-state index contributed by atoms with van der Waals surface area (Å²) in [4.78, 5) is 12.5. The van der Waals surface area contributed by atoms with Gasteiger partial charge in [0.1, 0.15) is 0 Å². The van der Waals surface area contributed by atoms with Crippen LogP contribution in [-0.4, -0.2) is 34.4 Å². The van der Waals surface area contributed by atoms with E-state index in [-0.39, 0.29) is 24.1 Å². The number of hydrogen-bond donors (Lipinski definition) is 1. The van der Waals surface area contributed by atoms with Crippen molar-refractivity contribution < 1.29 is 9.53 Å². The number of aromatic nitrogens is 2. The van der Waals surface area contributed by atoms with E-state index in [0.717, 1.165) is 36.4 Å². The maximum absolute atomic E-state index is 12.5. The fraction of sp³-hybridized carbons (Fsp3) is 0.733. The van der Waals surface area contributed by atoms with E-state index in [9.17, 15) is 4.79 Å². The second-order valence-corrected chi connectivity index (χ2v) is 5.96. The van der Waals surface area contributed by atoms with E-state index < -0.39 is 0 Å². The van der Waals surface area contributed by atoms with Crippen LogP contribution in [0.3, 0.4) is 0 Å². The normalized spacial score (nSPS) is 23.1. The molecular weight excluding hydrogens is 254 g/mol. The molecule has 1 aliphatic rings. The molecule has 0 bridgehead atoms. The van der Waals surface area contributed by atoms with Gasteiger partial charge in [0.25, 0.3) is 5.91 Å². The van der Waals surface area contributed by atoms with Crippen molar-refractivity contribution in [2.45, 2.75) is 65.6 Å². The van der Waals surface area contributed by atoms with E-state index >= 15 is 0 Å². The first-order chi connectivity index (χ1) is 9.40. The summed E-state index contributed by atoms with van der Waals surface area (Å²) in [6.07, 6.45) is 1.98. The van der Waals surface area contributed by atoms with Gasteiger partial charge in [0.2, 0.25) is 0 Å². The van der Waals surface area contributed by atoms with E-state index in [0.29, 0.717) is 0 Å². The monoisotopic (exact) mass is 279 g/mol. The minimum atomic E-state index is -0.00833. The summed E-state index contributed by atoms with van der Waals surface area (Å²) in [5.74, 6) is -0.00833. The van der Waals surface area contributed by atoms with Crippen LogP contribution < -0.4 is 5.32 Å². The summed E-state index contributed by atoms with van der Waals surface area (Å²) in [7, 11) is 0. The van der Waals surface area contributed by atoms with Crippen LogP contribution in [0, 0.1) is 13.8 Å². The summed E-state index contributed by atoms with van der Waals surface area (Å²) in [5, 5.41) is 7.60. The van der Waals surface area contributed by atoms with Gasteiger partial charge in [0, 0.05) is 24.4 Å². The Morgan fingerprint density at radius 3 is 2.70 bits per heavy atom. The lowest BCUT2D eigenvalue weighted by Crippen LogP contribution is -2.41. The molecule has 2 heterocycles. The topological polar surface area (TPSA) is 56.2 Å². The van der Waals surface area contributed by atoms with Crippen molar-refractivity contribution >= 4 is 5.91 Å². The van der Waals surface area contributed by atoms with Gasteiger partial charge < -0.3 is 10.1 Å². The molecule has 0 spiro atoms. The third-order valence-electron chi connectivity index (χ3n) is 3.86. The predicted octanol–water partition coefficient (Wildman–Crippen LogP) is 2.38. The number of nitrogens with one attached hydrogen (secondary N) is 1.